The Labute approximate surface area is 154 Å². The number of pyridine rings is 1. The molecule has 1 fully saturated rings. The fourth-order valence-electron chi connectivity index (χ4n) is 3.15. The molecule has 1 aliphatic heterocycles. The Balaban J connectivity index is 1.95. The van der Waals surface area contributed by atoms with Gasteiger partial charge in [0.2, 0.25) is 0 Å². The quantitative estimate of drug-likeness (QED) is 0.888. The first-order chi connectivity index (χ1) is 12.5. The molecule has 0 saturated carbocycles. The van der Waals surface area contributed by atoms with E-state index < -0.39 is 18.0 Å². The summed E-state index contributed by atoms with van der Waals surface area (Å²) < 4.78 is 21.3. The number of ether oxygens (including phenoxy) is 1. The maximum Gasteiger partial charge on any atom is 0.407 e. The molecular formula is C18H18ClFN2O4. The van der Waals surface area contributed by atoms with Gasteiger partial charge in [-0.3, -0.25) is 4.79 Å². The van der Waals surface area contributed by atoms with E-state index in [-0.39, 0.29) is 42.7 Å². The Hall–Kier alpha value is -2.38. The molecule has 2 aromatic rings. The minimum Gasteiger partial charge on any atom is -0.465 e. The molecule has 0 unspecified atom stereocenters. The van der Waals surface area contributed by atoms with Crippen LogP contribution in [0.2, 0.25) is 5.02 Å². The highest BCUT2D eigenvalue weighted by atomic mass is 35.5. The van der Waals surface area contributed by atoms with Crippen LogP contribution >= 0.6 is 11.6 Å². The molecule has 1 aliphatic rings. The summed E-state index contributed by atoms with van der Waals surface area (Å²) in [5, 5.41) is 9.37. The average Bonchev–Trinajstić information content (AvgIpc) is 2.82. The fourth-order valence-corrected chi connectivity index (χ4v) is 3.26. The van der Waals surface area contributed by atoms with Crippen LogP contribution < -0.4 is 5.56 Å². The van der Waals surface area contributed by atoms with E-state index in [1.54, 1.807) is 24.4 Å². The molecule has 0 aliphatic carbocycles. The van der Waals surface area contributed by atoms with E-state index in [4.69, 9.17) is 16.3 Å². The van der Waals surface area contributed by atoms with Crippen molar-refractivity contribution in [1.82, 2.24) is 9.47 Å². The zero-order valence-corrected chi connectivity index (χ0v) is 14.6. The van der Waals surface area contributed by atoms with Crippen molar-refractivity contribution in [1.29, 1.82) is 0 Å². The molecular weight excluding hydrogens is 363 g/mol. The lowest BCUT2D eigenvalue weighted by Gasteiger charge is -2.27. The SMILES string of the molecule is O=C(O)N1CCO[C@@H](c2ccc(Cl)c(F)c2)[C@@H](Cn2ccccc2=O)C1. The van der Waals surface area contributed by atoms with Gasteiger partial charge in [0.25, 0.3) is 5.56 Å². The number of carboxylic acid groups (broad SMARTS) is 1. The molecule has 1 aromatic carbocycles. The van der Waals surface area contributed by atoms with Gasteiger partial charge in [0.05, 0.1) is 17.7 Å². The van der Waals surface area contributed by atoms with Crippen molar-refractivity contribution in [2.75, 3.05) is 19.7 Å². The van der Waals surface area contributed by atoms with Gasteiger partial charge in [-0.1, -0.05) is 23.7 Å². The second kappa shape index (κ2) is 7.88. The van der Waals surface area contributed by atoms with Crippen LogP contribution in [0, 0.1) is 11.7 Å². The Bertz CT molecular complexity index is 857. The number of aromatic nitrogens is 1. The highest BCUT2D eigenvalue weighted by Crippen LogP contribution is 2.32. The van der Waals surface area contributed by atoms with E-state index >= 15 is 0 Å². The van der Waals surface area contributed by atoms with Crippen LogP contribution in [0.4, 0.5) is 9.18 Å². The van der Waals surface area contributed by atoms with Gasteiger partial charge in [-0.05, 0) is 23.8 Å². The Morgan fingerprint density at radius 3 is 2.85 bits per heavy atom. The van der Waals surface area contributed by atoms with Gasteiger partial charge in [0.15, 0.2) is 0 Å². The van der Waals surface area contributed by atoms with Crippen LogP contribution in [0.5, 0.6) is 0 Å². The number of nitrogens with zero attached hydrogens (tertiary/aromatic N) is 2. The standard InChI is InChI=1S/C18H18ClFN2O4/c19-14-5-4-12(9-15(14)20)17-13(10-21-6-2-1-3-16(21)23)11-22(18(24)25)7-8-26-17/h1-6,9,13,17H,7-8,10-11H2,(H,24,25)/t13-,17-/m0/s1. The number of halogens is 2. The van der Waals surface area contributed by atoms with Crippen molar-refractivity contribution in [2.24, 2.45) is 5.92 Å². The van der Waals surface area contributed by atoms with Gasteiger partial charge < -0.3 is 19.3 Å². The van der Waals surface area contributed by atoms with Gasteiger partial charge in [-0.25, -0.2) is 9.18 Å². The molecule has 1 N–H and O–H groups in total. The number of benzene rings is 1. The number of hydrogen-bond donors (Lipinski definition) is 1. The largest absolute Gasteiger partial charge is 0.465 e. The maximum absolute atomic E-state index is 13.9. The minimum absolute atomic E-state index is 0.00497. The van der Waals surface area contributed by atoms with E-state index in [2.05, 4.69) is 0 Å². The van der Waals surface area contributed by atoms with Crippen molar-refractivity contribution in [3.05, 3.63) is 69.4 Å². The van der Waals surface area contributed by atoms with Crippen LogP contribution in [0.1, 0.15) is 11.7 Å². The summed E-state index contributed by atoms with van der Waals surface area (Å²) >= 11 is 5.76. The third-order valence-corrected chi connectivity index (χ3v) is 4.72. The molecule has 1 aromatic heterocycles. The van der Waals surface area contributed by atoms with Gasteiger partial charge in [0.1, 0.15) is 5.82 Å². The van der Waals surface area contributed by atoms with E-state index in [9.17, 15) is 19.1 Å². The first kappa shape index (κ1) is 18.4. The van der Waals surface area contributed by atoms with Crippen LogP contribution in [-0.4, -0.2) is 40.4 Å². The van der Waals surface area contributed by atoms with Gasteiger partial charge in [0, 0.05) is 37.8 Å². The lowest BCUT2D eigenvalue weighted by Crippen LogP contribution is -2.37. The lowest BCUT2D eigenvalue weighted by molar-refractivity contribution is 0.0249. The van der Waals surface area contributed by atoms with Crippen LogP contribution in [0.3, 0.4) is 0 Å². The minimum atomic E-state index is -1.05. The molecule has 2 heterocycles. The Morgan fingerprint density at radius 2 is 2.15 bits per heavy atom. The summed E-state index contributed by atoms with van der Waals surface area (Å²) in [5.74, 6) is -0.933. The first-order valence-corrected chi connectivity index (χ1v) is 8.53. The molecule has 0 bridgehead atoms. The van der Waals surface area contributed by atoms with Gasteiger partial charge >= 0.3 is 6.09 Å². The van der Waals surface area contributed by atoms with E-state index in [0.29, 0.717) is 5.56 Å². The molecule has 0 radical (unpaired) electrons. The number of carbonyl (C=O) groups is 1. The van der Waals surface area contributed by atoms with Crippen molar-refractivity contribution < 1.29 is 19.0 Å². The highest BCUT2D eigenvalue weighted by molar-refractivity contribution is 6.30. The van der Waals surface area contributed by atoms with E-state index in [0.717, 1.165) is 0 Å². The van der Waals surface area contributed by atoms with Gasteiger partial charge in [-0.2, -0.15) is 0 Å². The van der Waals surface area contributed by atoms with Crippen LogP contribution in [-0.2, 0) is 11.3 Å². The topological polar surface area (TPSA) is 71.8 Å². The molecule has 2 atom stereocenters. The van der Waals surface area contributed by atoms with Crippen LogP contribution in [0.15, 0.2) is 47.4 Å². The maximum atomic E-state index is 13.9. The molecule has 8 heteroatoms. The van der Waals surface area contributed by atoms with Crippen molar-refractivity contribution >= 4 is 17.7 Å². The fraction of sp³-hybridized carbons (Fsp3) is 0.333. The second-order valence-electron chi connectivity index (χ2n) is 6.14. The normalized spacial score (nSPS) is 20.6. The predicted octanol–water partition coefficient (Wildman–Crippen LogP) is 3.01. The van der Waals surface area contributed by atoms with Crippen molar-refractivity contribution in [2.45, 2.75) is 12.6 Å². The second-order valence-corrected chi connectivity index (χ2v) is 6.55. The summed E-state index contributed by atoms with van der Waals surface area (Å²) in [6.07, 6.45) is 0.0258. The number of hydrogen-bond acceptors (Lipinski definition) is 3. The molecule has 6 nitrogen and oxygen atoms in total. The van der Waals surface area contributed by atoms with Crippen molar-refractivity contribution in [3.63, 3.8) is 0 Å². The third-order valence-electron chi connectivity index (χ3n) is 4.41. The molecule has 1 saturated heterocycles. The van der Waals surface area contributed by atoms with Crippen LogP contribution in [0.25, 0.3) is 0 Å². The molecule has 138 valence electrons. The molecule has 26 heavy (non-hydrogen) atoms. The van der Waals surface area contributed by atoms with Gasteiger partial charge in [-0.15, -0.1) is 0 Å². The number of amides is 1. The van der Waals surface area contributed by atoms with Crippen molar-refractivity contribution in [3.8, 4) is 0 Å². The predicted molar refractivity (Wildman–Crippen MR) is 93.9 cm³/mol. The van der Waals surface area contributed by atoms with E-state index in [1.165, 1.54) is 27.7 Å². The smallest absolute Gasteiger partial charge is 0.407 e. The zero-order chi connectivity index (χ0) is 18.7. The molecule has 0 spiro atoms. The number of rotatable bonds is 3. The third kappa shape index (κ3) is 4.05. The summed E-state index contributed by atoms with van der Waals surface area (Å²) in [7, 11) is 0. The molecule has 1 amide bonds. The zero-order valence-electron chi connectivity index (χ0n) is 13.8. The monoisotopic (exact) mass is 380 g/mol. The summed E-state index contributed by atoms with van der Waals surface area (Å²) in [6.45, 7) is 0.813. The lowest BCUT2D eigenvalue weighted by atomic mass is 9.94. The highest BCUT2D eigenvalue weighted by Gasteiger charge is 2.32. The average molecular weight is 381 g/mol. The molecule has 3 rings (SSSR count). The first-order valence-electron chi connectivity index (χ1n) is 8.15. The summed E-state index contributed by atoms with van der Waals surface area (Å²) in [4.78, 5) is 24.7. The Kier molecular flexibility index (Phi) is 5.58. The summed E-state index contributed by atoms with van der Waals surface area (Å²) in [5.41, 5.74) is 0.368. The Morgan fingerprint density at radius 1 is 1.35 bits per heavy atom. The summed E-state index contributed by atoms with van der Waals surface area (Å²) in [6, 6.07) is 9.20. The van der Waals surface area contributed by atoms with E-state index in [1.807, 2.05) is 0 Å².